The molecule has 4 aromatic rings. The highest BCUT2D eigenvalue weighted by atomic mass is 127. The van der Waals surface area contributed by atoms with Crippen LogP contribution in [-0.2, 0) is 11.4 Å². The minimum atomic E-state index is -0.485. The highest BCUT2D eigenvalue weighted by molar-refractivity contribution is 14.1. The Morgan fingerprint density at radius 3 is 2.54 bits per heavy atom. The van der Waals surface area contributed by atoms with E-state index in [0.717, 1.165) is 25.5 Å². The van der Waals surface area contributed by atoms with Crippen LogP contribution in [0, 0.1) is 13.7 Å². The third-order valence-corrected chi connectivity index (χ3v) is 8.10. The molecule has 0 spiro atoms. The van der Waals surface area contributed by atoms with Crippen LogP contribution in [0.25, 0.3) is 16.8 Å². The molecule has 1 amide bonds. The molecule has 39 heavy (non-hydrogen) atoms. The molecule has 0 aliphatic carbocycles. The number of nitro groups is 1. The fourth-order valence-electron chi connectivity index (χ4n) is 4.21. The van der Waals surface area contributed by atoms with E-state index in [0.29, 0.717) is 39.6 Å². The monoisotopic (exact) mass is 668 g/mol. The van der Waals surface area contributed by atoms with Crippen LogP contribution in [0.5, 0.6) is 11.5 Å². The number of thioether (sulfide) groups is 1. The number of amides is 1. The molecular formula is C29H21IN2O5S2. The normalized spacial score (nSPS) is 14.3. The van der Waals surface area contributed by atoms with E-state index in [9.17, 15) is 14.9 Å². The van der Waals surface area contributed by atoms with Gasteiger partial charge in [-0.15, -0.1) is 0 Å². The first-order chi connectivity index (χ1) is 18.9. The third kappa shape index (κ3) is 5.77. The molecule has 0 aromatic heterocycles. The smallest absolute Gasteiger partial charge is 0.270 e. The predicted octanol–water partition coefficient (Wildman–Crippen LogP) is 7.74. The lowest BCUT2D eigenvalue weighted by Gasteiger charge is -2.16. The number of nitrogens with zero attached hydrogens (tertiary/aromatic N) is 2. The first-order valence-corrected chi connectivity index (χ1v) is 14.2. The van der Waals surface area contributed by atoms with E-state index in [1.165, 1.54) is 40.9 Å². The first-order valence-electron chi connectivity index (χ1n) is 11.9. The van der Waals surface area contributed by atoms with Crippen LogP contribution >= 0.6 is 46.6 Å². The van der Waals surface area contributed by atoms with Crippen molar-refractivity contribution in [2.75, 3.05) is 11.5 Å². The van der Waals surface area contributed by atoms with E-state index in [2.05, 4.69) is 46.9 Å². The number of nitro benzene ring substituents is 1. The second-order valence-electron chi connectivity index (χ2n) is 8.48. The number of halogens is 1. The molecule has 7 nitrogen and oxygen atoms in total. The summed E-state index contributed by atoms with van der Waals surface area (Å²) in [5.74, 6) is 0.936. The van der Waals surface area contributed by atoms with E-state index in [4.69, 9.17) is 21.7 Å². The Bertz CT molecular complexity index is 1630. The molecule has 5 rings (SSSR count). The molecule has 1 aliphatic heterocycles. The van der Waals surface area contributed by atoms with Crippen LogP contribution < -0.4 is 14.4 Å². The molecule has 1 fully saturated rings. The number of carbonyl (C=O) groups is 1. The van der Waals surface area contributed by atoms with Gasteiger partial charge in [-0.05, 0) is 81.8 Å². The van der Waals surface area contributed by atoms with Crippen molar-refractivity contribution in [2.24, 2.45) is 0 Å². The van der Waals surface area contributed by atoms with Gasteiger partial charge in [0, 0.05) is 12.1 Å². The predicted molar refractivity (Wildman–Crippen MR) is 167 cm³/mol. The molecule has 10 heteroatoms. The Morgan fingerprint density at radius 2 is 1.79 bits per heavy atom. The van der Waals surface area contributed by atoms with Crippen molar-refractivity contribution in [3.63, 3.8) is 0 Å². The first kappa shape index (κ1) is 27.1. The maximum absolute atomic E-state index is 13.2. The van der Waals surface area contributed by atoms with Crippen LogP contribution in [0.2, 0.25) is 0 Å². The number of hydrogen-bond acceptors (Lipinski definition) is 7. The van der Waals surface area contributed by atoms with E-state index in [-0.39, 0.29) is 11.6 Å². The van der Waals surface area contributed by atoms with Crippen LogP contribution in [0.15, 0.2) is 83.8 Å². The van der Waals surface area contributed by atoms with Gasteiger partial charge in [0.2, 0.25) is 0 Å². The minimum Gasteiger partial charge on any atom is -0.490 e. The second-order valence-corrected chi connectivity index (χ2v) is 11.3. The van der Waals surface area contributed by atoms with Crippen molar-refractivity contribution in [3.05, 3.63) is 109 Å². The van der Waals surface area contributed by atoms with Gasteiger partial charge in [-0.25, -0.2) is 0 Å². The zero-order valence-electron chi connectivity index (χ0n) is 20.6. The number of rotatable bonds is 8. The minimum absolute atomic E-state index is 0.0551. The number of hydrogen-bond donors (Lipinski definition) is 0. The van der Waals surface area contributed by atoms with E-state index >= 15 is 0 Å². The Balaban J connectivity index is 1.40. The molecule has 0 radical (unpaired) electrons. The van der Waals surface area contributed by atoms with Crippen molar-refractivity contribution in [2.45, 2.75) is 13.5 Å². The van der Waals surface area contributed by atoms with Gasteiger partial charge in [0.15, 0.2) is 15.8 Å². The largest absolute Gasteiger partial charge is 0.490 e. The summed E-state index contributed by atoms with van der Waals surface area (Å²) in [6.07, 6.45) is 1.77. The molecule has 0 atom stereocenters. The standard InChI is InChI=1S/C29H21IN2O5S2/c1-2-36-25-15-18(14-24(30)27(25)37-17-20-8-5-7-19-6-3-4-9-23(19)20)16-26-28(33)31(29(38)39-26)21-10-12-22(13-11-21)32(34)35/h3-16H,2,17H2,1H3/b26-16-. The molecule has 4 aromatic carbocycles. The Kier molecular flexibility index (Phi) is 8.15. The van der Waals surface area contributed by atoms with Gasteiger partial charge in [0.05, 0.1) is 25.7 Å². The zero-order valence-corrected chi connectivity index (χ0v) is 24.4. The number of anilines is 1. The number of fused-ring (bicyclic) bond motifs is 1. The molecule has 1 heterocycles. The average molecular weight is 669 g/mol. The molecule has 0 bridgehead atoms. The average Bonchev–Trinajstić information content (AvgIpc) is 3.20. The summed E-state index contributed by atoms with van der Waals surface area (Å²) >= 11 is 8.85. The van der Waals surface area contributed by atoms with Gasteiger partial charge in [-0.2, -0.15) is 0 Å². The summed E-state index contributed by atoms with van der Waals surface area (Å²) in [4.78, 5) is 25.5. The van der Waals surface area contributed by atoms with Gasteiger partial charge >= 0.3 is 0 Å². The molecule has 0 N–H and O–H groups in total. The number of carbonyl (C=O) groups excluding carboxylic acids is 1. The SMILES string of the molecule is CCOc1cc(/C=C2\SC(=S)N(c3ccc([N+](=O)[O-])cc3)C2=O)cc(I)c1OCc1cccc2ccccc12. The van der Waals surface area contributed by atoms with E-state index in [1.54, 1.807) is 6.08 Å². The van der Waals surface area contributed by atoms with Gasteiger partial charge in [0.1, 0.15) is 6.61 Å². The van der Waals surface area contributed by atoms with E-state index in [1.807, 2.05) is 37.3 Å². The lowest BCUT2D eigenvalue weighted by atomic mass is 10.1. The maximum Gasteiger partial charge on any atom is 0.270 e. The van der Waals surface area contributed by atoms with E-state index < -0.39 is 4.92 Å². The highest BCUT2D eigenvalue weighted by Gasteiger charge is 2.33. The van der Waals surface area contributed by atoms with Crippen molar-refractivity contribution in [1.29, 1.82) is 0 Å². The number of thiocarbonyl (C=S) groups is 1. The molecule has 0 saturated carbocycles. The van der Waals surface area contributed by atoms with Gasteiger partial charge in [-0.3, -0.25) is 19.8 Å². The quantitative estimate of drug-likeness (QED) is 0.0625. The molecule has 1 saturated heterocycles. The molecular weight excluding hydrogens is 647 g/mol. The summed E-state index contributed by atoms with van der Waals surface area (Å²) < 4.78 is 13.4. The lowest BCUT2D eigenvalue weighted by molar-refractivity contribution is -0.384. The van der Waals surface area contributed by atoms with Crippen molar-refractivity contribution < 1.29 is 19.2 Å². The summed E-state index contributed by atoms with van der Waals surface area (Å²) in [5.41, 5.74) is 2.27. The molecule has 1 aliphatic rings. The van der Waals surface area contributed by atoms with Gasteiger partial charge < -0.3 is 9.47 Å². The fraction of sp³-hybridized carbons (Fsp3) is 0.103. The Labute approximate surface area is 248 Å². The van der Waals surface area contributed by atoms with Crippen LogP contribution in [0.4, 0.5) is 11.4 Å². The summed E-state index contributed by atoms with van der Waals surface area (Å²) in [6, 6.07) is 23.9. The number of non-ortho nitro benzene ring substituents is 1. The lowest BCUT2D eigenvalue weighted by Crippen LogP contribution is -2.27. The Hall–Kier alpha value is -3.48. The van der Waals surface area contributed by atoms with Crippen LogP contribution in [0.3, 0.4) is 0 Å². The van der Waals surface area contributed by atoms with Crippen LogP contribution in [0.1, 0.15) is 18.1 Å². The van der Waals surface area contributed by atoms with Crippen LogP contribution in [-0.4, -0.2) is 21.8 Å². The van der Waals surface area contributed by atoms with Crippen molar-refractivity contribution in [3.8, 4) is 11.5 Å². The zero-order chi connectivity index (χ0) is 27.5. The molecule has 196 valence electrons. The van der Waals surface area contributed by atoms with Crippen molar-refractivity contribution >= 4 is 85.0 Å². The van der Waals surface area contributed by atoms with Gasteiger partial charge in [-0.1, -0.05) is 66.4 Å². The summed E-state index contributed by atoms with van der Waals surface area (Å²) in [5, 5.41) is 13.3. The number of ether oxygens (including phenoxy) is 2. The maximum atomic E-state index is 13.2. The second kappa shape index (κ2) is 11.7. The molecule has 0 unspecified atom stereocenters. The van der Waals surface area contributed by atoms with Gasteiger partial charge in [0.25, 0.3) is 11.6 Å². The summed E-state index contributed by atoms with van der Waals surface area (Å²) in [6.45, 7) is 2.74. The highest BCUT2D eigenvalue weighted by Crippen LogP contribution is 2.39. The van der Waals surface area contributed by atoms with Crippen molar-refractivity contribution in [1.82, 2.24) is 0 Å². The fourth-order valence-corrected chi connectivity index (χ4v) is 6.29. The Morgan fingerprint density at radius 1 is 1.05 bits per heavy atom. The number of benzene rings is 4. The third-order valence-electron chi connectivity index (χ3n) is 5.99. The topological polar surface area (TPSA) is 81.9 Å². The summed E-state index contributed by atoms with van der Waals surface area (Å²) in [7, 11) is 0.